The largest absolute Gasteiger partial charge is 0.469 e. The first-order chi connectivity index (χ1) is 9.87. The molecule has 0 spiro atoms. The Morgan fingerprint density at radius 2 is 1.64 bits per heavy atom. The third kappa shape index (κ3) is 7.66. The average molecular weight is 320 g/mol. The Morgan fingerprint density at radius 3 is 1.95 bits per heavy atom. The number of methoxy groups -OCH3 is 1. The van der Waals surface area contributed by atoms with E-state index >= 15 is 0 Å². The van der Waals surface area contributed by atoms with Crippen LogP contribution in [0.2, 0.25) is 0 Å². The molecule has 1 aromatic carbocycles. The summed E-state index contributed by atoms with van der Waals surface area (Å²) in [6.45, 7) is 6.58. The summed E-state index contributed by atoms with van der Waals surface area (Å²) in [5.74, 6) is -0.922. The molecular weight excluding hydrogens is 301 g/mol. The second-order valence-corrected chi connectivity index (χ2v) is 5.36. The van der Waals surface area contributed by atoms with Gasteiger partial charge >= 0.3 is 18.1 Å². The average Bonchev–Trinajstić information content (AvgIpc) is 2.36. The number of alkyl halides is 3. The van der Waals surface area contributed by atoms with Gasteiger partial charge in [0.25, 0.3) is 0 Å². The zero-order valence-corrected chi connectivity index (χ0v) is 13.1. The lowest BCUT2D eigenvalue weighted by molar-refractivity contribution is -0.149. The van der Waals surface area contributed by atoms with Gasteiger partial charge in [0.15, 0.2) is 0 Å². The summed E-state index contributed by atoms with van der Waals surface area (Å²) in [5.41, 5.74) is -1.19. The van der Waals surface area contributed by atoms with E-state index < -0.39 is 17.7 Å². The van der Waals surface area contributed by atoms with E-state index in [1.54, 1.807) is 0 Å². The van der Waals surface area contributed by atoms with Crippen molar-refractivity contribution in [2.24, 2.45) is 5.41 Å². The number of carbonyl (C=O) groups excluding carboxylic acids is 2. The minimum atomic E-state index is -4.42. The Hall–Kier alpha value is -2.05. The highest BCUT2D eigenvalue weighted by Crippen LogP contribution is 2.31. The highest BCUT2D eigenvalue weighted by Gasteiger charge is 2.30. The Bertz CT molecular complexity index is 516. The van der Waals surface area contributed by atoms with Gasteiger partial charge in [0.05, 0.1) is 18.1 Å². The minimum absolute atomic E-state index is 0.104. The smallest absolute Gasteiger partial charge is 0.416 e. The fourth-order valence-electron chi connectivity index (χ4n) is 1.21. The van der Waals surface area contributed by atoms with Gasteiger partial charge in [0, 0.05) is 6.92 Å². The molecule has 0 aliphatic heterocycles. The first-order valence-corrected chi connectivity index (χ1v) is 6.32. The van der Waals surface area contributed by atoms with Crippen LogP contribution in [0, 0.1) is 5.41 Å². The van der Waals surface area contributed by atoms with E-state index in [9.17, 15) is 22.8 Å². The standard InChI is InChI=1S/C9H7F3O2.C6H12O2/c1-6(13)14-8-4-2-3-7(5-8)9(10,11)12;1-6(2,3)5(7)8-4/h2-5H,1H3;1-4H3. The van der Waals surface area contributed by atoms with Crippen LogP contribution in [0.15, 0.2) is 24.3 Å². The zero-order chi connectivity index (χ0) is 17.6. The van der Waals surface area contributed by atoms with E-state index in [-0.39, 0.29) is 17.1 Å². The molecule has 7 heteroatoms. The van der Waals surface area contributed by atoms with Crippen molar-refractivity contribution in [3.63, 3.8) is 0 Å². The first-order valence-electron chi connectivity index (χ1n) is 6.32. The highest BCUT2D eigenvalue weighted by molar-refractivity contribution is 5.75. The van der Waals surface area contributed by atoms with Crippen LogP contribution in [-0.2, 0) is 20.5 Å². The van der Waals surface area contributed by atoms with E-state index in [2.05, 4.69) is 9.47 Å². The molecule has 1 aromatic rings. The quantitative estimate of drug-likeness (QED) is 0.583. The molecule has 0 bridgehead atoms. The maximum Gasteiger partial charge on any atom is 0.416 e. The van der Waals surface area contributed by atoms with E-state index in [1.807, 2.05) is 20.8 Å². The third-order valence-electron chi connectivity index (χ3n) is 2.22. The molecule has 0 unspecified atom stereocenters. The van der Waals surface area contributed by atoms with E-state index in [0.29, 0.717) is 0 Å². The molecule has 0 saturated carbocycles. The number of benzene rings is 1. The van der Waals surface area contributed by atoms with Crippen LogP contribution in [0.25, 0.3) is 0 Å². The van der Waals surface area contributed by atoms with Crippen molar-refractivity contribution in [3.8, 4) is 5.75 Å². The molecule has 0 aliphatic carbocycles. The van der Waals surface area contributed by atoms with Crippen molar-refractivity contribution in [1.29, 1.82) is 0 Å². The van der Waals surface area contributed by atoms with Crippen LogP contribution in [0.3, 0.4) is 0 Å². The Kier molecular flexibility index (Phi) is 7.09. The SMILES string of the molecule is CC(=O)Oc1cccc(C(F)(F)F)c1.COC(=O)C(C)(C)C. The van der Waals surface area contributed by atoms with Gasteiger partial charge in [-0.05, 0) is 39.0 Å². The molecule has 4 nitrogen and oxygen atoms in total. The second kappa shape index (κ2) is 7.82. The molecule has 0 saturated heterocycles. The van der Waals surface area contributed by atoms with E-state index in [1.165, 1.54) is 19.2 Å². The summed E-state index contributed by atoms with van der Waals surface area (Å²) in [4.78, 5) is 21.1. The van der Waals surface area contributed by atoms with Gasteiger partial charge in [-0.2, -0.15) is 13.2 Å². The normalized spacial score (nSPS) is 11.1. The van der Waals surface area contributed by atoms with Gasteiger partial charge in [0.2, 0.25) is 0 Å². The molecule has 0 aromatic heterocycles. The molecular formula is C15H19F3O4. The van der Waals surface area contributed by atoms with Gasteiger partial charge in [-0.25, -0.2) is 0 Å². The number of hydrogen-bond donors (Lipinski definition) is 0. The predicted octanol–water partition coefficient (Wildman–Crippen LogP) is 3.84. The Balaban J connectivity index is 0.000000472. The number of esters is 2. The monoisotopic (exact) mass is 320 g/mol. The summed E-state index contributed by atoms with van der Waals surface area (Å²) in [5, 5.41) is 0. The minimum Gasteiger partial charge on any atom is -0.469 e. The number of rotatable bonds is 1. The molecule has 0 radical (unpaired) electrons. The molecule has 0 heterocycles. The van der Waals surface area contributed by atoms with Crippen molar-refractivity contribution in [1.82, 2.24) is 0 Å². The van der Waals surface area contributed by atoms with Crippen LogP contribution in [0.1, 0.15) is 33.3 Å². The lowest BCUT2D eigenvalue weighted by atomic mass is 9.98. The van der Waals surface area contributed by atoms with E-state index in [0.717, 1.165) is 19.1 Å². The third-order valence-corrected chi connectivity index (χ3v) is 2.22. The number of ether oxygens (including phenoxy) is 2. The maximum atomic E-state index is 12.2. The summed E-state index contributed by atoms with van der Waals surface area (Å²) in [7, 11) is 1.40. The fraction of sp³-hybridized carbons (Fsp3) is 0.467. The van der Waals surface area contributed by atoms with Crippen LogP contribution < -0.4 is 4.74 Å². The van der Waals surface area contributed by atoms with Crippen LogP contribution in [-0.4, -0.2) is 19.0 Å². The zero-order valence-electron chi connectivity index (χ0n) is 13.1. The Morgan fingerprint density at radius 1 is 1.09 bits per heavy atom. The van der Waals surface area contributed by atoms with Crippen LogP contribution in [0.4, 0.5) is 13.2 Å². The second-order valence-electron chi connectivity index (χ2n) is 5.36. The molecule has 0 aliphatic rings. The van der Waals surface area contributed by atoms with Crippen molar-refractivity contribution in [3.05, 3.63) is 29.8 Å². The van der Waals surface area contributed by atoms with Gasteiger partial charge in [-0.3, -0.25) is 9.59 Å². The van der Waals surface area contributed by atoms with Crippen molar-refractivity contribution in [2.45, 2.75) is 33.9 Å². The topological polar surface area (TPSA) is 52.6 Å². The summed E-state index contributed by atoms with van der Waals surface area (Å²) < 4.78 is 45.5. The van der Waals surface area contributed by atoms with Gasteiger partial charge in [-0.1, -0.05) is 6.07 Å². The summed E-state index contributed by atoms with van der Waals surface area (Å²) in [6.07, 6.45) is -4.42. The predicted molar refractivity (Wildman–Crippen MR) is 74.2 cm³/mol. The summed E-state index contributed by atoms with van der Waals surface area (Å²) in [6, 6.07) is 4.16. The molecule has 0 N–H and O–H groups in total. The first kappa shape index (κ1) is 19.9. The van der Waals surface area contributed by atoms with Crippen molar-refractivity contribution >= 4 is 11.9 Å². The lowest BCUT2D eigenvalue weighted by Crippen LogP contribution is -2.21. The Labute approximate surface area is 127 Å². The molecule has 124 valence electrons. The summed E-state index contributed by atoms with van der Waals surface area (Å²) >= 11 is 0. The molecule has 0 fully saturated rings. The molecule has 1 rings (SSSR count). The number of halogens is 3. The van der Waals surface area contributed by atoms with Crippen molar-refractivity contribution in [2.75, 3.05) is 7.11 Å². The highest BCUT2D eigenvalue weighted by atomic mass is 19.4. The molecule has 0 amide bonds. The number of carbonyl (C=O) groups is 2. The van der Waals surface area contributed by atoms with Gasteiger partial charge in [-0.15, -0.1) is 0 Å². The number of hydrogen-bond acceptors (Lipinski definition) is 4. The van der Waals surface area contributed by atoms with Gasteiger partial charge in [0.1, 0.15) is 5.75 Å². The van der Waals surface area contributed by atoms with Crippen molar-refractivity contribution < 1.29 is 32.2 Å². The van der Waals surface area contributed by atoms with Gasteiger partial charge < -0.3 is 9.47 Å². The maximum absolute atomic E-state index is 12.2. The van der Waals surface area contributed by atoms with Crippen LogP contribution >= 0.6 is 0 Å². The van der Waals surface area contributed by atoms with E-state index in [4.69, 9.17) is 0 Å². The molecule has 22 heavy (non-hydrogen) atoms. The fourth-order valence-corrected chi connectivity index (χ4v) is 1.21. The van der Waals surface area contributed by atoms with Crippen LogP contribution in [0.5, 0.6) is 5.75 Å². The lowest BCUT2D eigenvalue weighted by Gasteiger charge is -2.13. The molecule has 0 atom stereocenters.